The summed E-state index contributed by atoms with van der Waals surface area (Å²) < 4.78 is 6.02. The number of hydrogen-bond donors (Lipinski definition) is 1. The fourth-order valence-electron chi connectivity index (χ4n) is 3.37. The van der Waals surface area contributed by atoms with Gasteiger partial charge in [-0.25, -0.2) is 4.98 Å². The monoisotopic (exact) mass is 301 g/mol. The summed E-state index contributed by atoms with van der Waals surface area (Å²) >= 11 is 1.63. The molecule has 0 radical (unpaired) electrons. The van der Waals surface area contributed by atoms with Crippen LogP contribution in [-0.2, 0) is 12.8 Å². The van der Waals surface area contributed by atoms with E-state index >= 15 is 0 Å². The molecular weight excluding hydrogens is 282 g/mol. The SMILES string of the molecule is CC1(C)Cc2nc(C3Cc4ccccc4O3)sc2C(O)C1. The van der Waals surface area contributed by atoms with Gasteiger partial charge < -0.3 is 9.84 Å². The van der Waals surface area contributed by atoms with Crippen LogP contribution in [0, 0.1) is 5.41 Å². The average Bonchev–Trinajstić information content (AvgIpc) is 2.99. The maximum Gasteiger partial charge on any atom is 0.154 e. The molecule has 2 aromatic rings. The number of aliphatic hydroxyl groups is 1. The zero-order valence-corrected chi connectivity index (χ0v) is 13.1. The number of nitrogens with zero attached hydrogens (tertiary/aromatic N) is 1. The quantitative estimate of drug-likeness (QED) is 0.870. The maximum atomic E-state index is 10.4. The van der Waals surface area contributed by atoms with Crippen molar-refractivity contribution in [2.75, 3.05) is 0 Å². The highest BCUT2D eigenvalue weighted by Crippen LogP contribution is 2.45. The fourth-order valence-corrected chi connectivity index (χ4v) is 4.47. The molecule has 0 amide bonds. The summed E-state index contributed by atoms with van der Waals surface area (Å²) in [6.07, 6.45) is 2.26. The second kappa shape index (κ2) is 4.55. The molecule has 4 heteroatoms. The number of fused-ring (bicyclic) bond motifs is 2. The third kappa shape index (κ3) is 2.27. The number of benzene rings is 1. The van der Waals surface area contributed by atoms with Crippen molar-refractivity contribution in [2.24, 2.45) is 5.41 Å². The van der Waals surface area contributed by atoms with Crippen molar-refractivity contribution in [1.29, 1.82) is 0 Å². The smallest absolute Gasteiger partial charge is 0.154 e. The molecule has 21 heavy (non-hydrogen) atoms. The predicted molar refractivity (Wildman–Crippen MR) is 82.7 cm³/mol. The first-order valence-electron chi connectivity index (χ1n) is 7.44. The van der Waals surface area contributed by atoms with Gasteiger partial charge in [0.05, 0.1) is 16.7 Å². The highest BCUT2D eigenvalue weighted by molar-refractivity contribution is 7.11. The molecule has 3 nitrogen and oxygen atoms in total. The minimum atomic E-state index is -0.376. The minimum absolute atomic E-state index is 0.00770. The van der Waals surface area contributed by atoms with Crippen LogP contribution in [0.25, 0.3) is 0 Å². The summed E-state index contributed by atoms with van der Waals surface area (Å²) in [6.45, 7) is 4.39. The lowest BCUT2D eigenvalue weighted by Gasteiger charge is -2.31. The Balaban J connectivity index is 1.65. The second-order valence-electron chi connectivity index (χ2n) is 6.84. The Morgan fingerprint density at radius 1 is 1.33 bits per heavy atom. The van der Waals surface area contributed by atoms with Crippen LogP contribution in [0.4, 0.5) is 0 Å². The molecule has 2 atom stereocenters. The van der Waals surface area contributed by atoms with E-state index in [1.807, 2.05) is 18.2 Å². The summed E-state index contributed by atoms with van der Waals surface area (Å²) in [7, 11) is 0. The fraction of sp³-hybridized carbons (Fsp3) is 0.471. The van der Waals surface area contributed by atoms with E-state index in [9.17, 15) is 5.11 Å². The van der Waals surface area contributed by atoms with Gasteiger partial charge in [-0.2, -0.15) is 0 Å². The summed E-state index contributed by atoms with van der Waals surface area (Å²) in [5.41, 5.74) is 2.44. The third-order valence-electron chi connectivity index (χ3n) is 4.36. The highest BCUT2D eigenvalue weighted by atomic mass is 32.1. The third-order valence-corrected chi connectivity index (χ3v) is 5.65. The number of ether oxygens (including phenoxy) is 1. The number of rotatable bonds is 1. The van der Waals surface area contributed by atoms with Gasteiger partial charge in [-0.05, 0) is 29.9 Å². The van der Waals surface area contributed by atoms with E-state index in [0.717, 1.165) is 40.6 Å². The summed E-state index contributed by atoms with van der Waals surface area (Å²) in [5, 5.41) is 11.4. The number of para-hydroxylation sites is 1. The molecule has 2 heterocycles. The van der Waals surface area contributed by atoms with E-state index < -0.39 is 0 Å². The highest BCUT2D eigenvalue weighted by Gasteiger charge is 2.36. The zero-order chi connectivity index (χ0) is 14.6. The van der Waals surface area contributed by atoms with E-state index in [1.165, 1.54) is 5.56 Å². The van der Waals surface area contributed by atoms with Crippen LogP contribution < -0.4 is 4.74 Å². The lowest BCUT2D eigenvalue weighted by molar-refractivity contribution is 0.102. The predicted octanol–water partition coefficient (Wildman–Crippen LogP) is 3.83. The van der Waals surface area contributed by atoms with Gasteiger partial charge >= 0.3 is 0 Å². The van der Waals surface area contributed by atoms with Gasteiger partial charge in [0, 0.05) is 6.42 Å². The van der Waals surface area contributed by atoms with Crippen molar-refractivity contribution in [2.45, 2.75) is 45.3 Å². The Hall–Kier alpha value is -1.39. The molecule has 4 rings (SSSR count). The summed E-state index contributed by atoms with van der Waals surface area (Å²) in [5.74, 6) is 0.969. The topological polar surface area (TPSA) is 42.4 Å². The number of hydrogen-bond acceptors (Lipinski definition) is 4. The van der Waals surface area contributed by atoms with Crippen LogP contribution >= 0.6 is 11.3 Å². The lowest BCUT2D eigenvalue weighted by Crippen LogP contribution is -2.24. The van der Waals surface area contributed by atoms with Gasteiger partial charge in [0.25, 0.3) is 0 Å². The van der Waals surface area contributed by atoms with Crippen molar-refractivity contribution < 1.29 is 9.84 Å². The molecule has 0 saturated carbocycles. The van der Waals surface area contributed by atoms with E-state index in [0.29, 0.717) is 0 Å². The zero-order valence-electron chi connectivity index (χ0n) is 12.3. The first-order chi connectivity index (χ1) is 10.0. The van der Waals surface area contributed by atoms with Crippen LogP contribution in [-0.4, -0.2) is 10.1 Å². The number of aliphatic hydroxyl groups excluding tert-OH is 1. The van der Waals surface area contributed by atoms with E-state index in [-0.39, 0.29) is 17.6 Å². The minimum Gasteiger partial charge on any atom is -0.483 e. The standard InChI is InChI=1S/C17H19NO2S/c1-17(2)8-11-15(12(19)9-17)21-16(18-11)14-7-10-5-3-4-6-13(10)20-14/h3-6,12,14,19H,7-9H2,1-2H3. The first-order valence-corrected chi connectivity index (χ1v) is 8.26. The van der Waals surface area contributed by atoms with Crippen LogP contribution in [0.2, 0.25) is 0 Å². The molecule has 0 fully saturated rings. The molecule has 110 valence electrons. The van der Waals surface area contributed by atoms with Crippen molar-refractivity contribution in [3.05, 3.63) is 45.4 Å². The van der Waals surface area contributed by atoms with Crippen LogP contribution in [0.15, 0.2) is 24.3 Å². The molecule has 0 bridgehead atoms. The number of aromatic nitrogens is 1. The van der Waals surface area contributed by atoms with E-state index in [4.69, 9.17) is 9.72 Å². The van der Waals surface area contributed by atoms with Crippen LogP contribution in [0.5, 0.6) is 5.75 Å². The van der Waals surface area contributed by atoms with Crippen molar-refractivity contribution in [3.8, 4) is 5.75 Å². The van der Waals surface area contributed by atoms with Gasteiger partial charge in [-0.1, -0.05) is 32.0 Å². The molecule has 2 aliphatic rings. The van der Waals surface area contributed by atoms with Crippen molar-refractivity contribution >= 4 is 11.3 Å². The maximum absolute atomic E-state index is 10.4. The van der Waals surface area contributed by atoms with E-state index in [2.05, 4.69) is 19.9 Å². The molecule has 0 saturated heterocycles. The molecule has 1 aliphatic carbocycles. The molecule has 1 aromatic carbocycles. The number of thiazole rings is 1. The van der Waals surface area contributed by atoms with Crippen molar-refractivity contribution in [3.63, 3.8) is 0 Å². The Labute approximate surface area is 128 Å². The first kappa shape index (κ1) is 13.3. The Morgan fingerprint density at radius 3 is 2.95 bits per heavy atom. The van der Waals surface area contributed by atoms with Gasteiger partial charge in [0.2, 0.25) is 0 Å². The molecular formula is C17H19NO2S. The van der Waals surface area contributed by atoms with Gasteiger partial charge in [-0.15, -0.1) is 11.3 Å². The molecule has 0 spiro atoms. The normalized spacial score (nSPS) is 26.0. The van der Waals surface area contributed by atoms with Gasteiger partial charge in [-0.3, -0.25) is 0 Å². The van der Waals surface area contributed by atoms with E-state index in [1.54, 1.807) is 11.3 Å². The largest absolute Gasteiger partial charge is 0.483 e. The lowest BCUT2D eigenvalue weighted by atomic mass is 9.77. The second-order valence-corrected chi connectivity index (χ2v) is 7.90. The molecule has 1 aromatic heterocycles. The van der Waals surface area contributed by atoms with Crippen LogP contribution in [0.3, 0.4) is 0 Å². The molecule has 2 unspecified atom stereocenters. The van der Waals surface area contributed by atoms with Gasteiger partial charge in [0.1, 0.15) is 10.8 Å². The van der Waals surface area contributed by atoms with Crippen LogP contribution in [0.1, 0.15) is 53.6 Å². The van der Waals surface area contributed by atoms with Crippen molar-refractivity contribution in [1.82, 2.24) is 4.98 Å². The molecule has 1 aliphatic heterocycles. The van der Waals surface area contributed by atoms with Gasteiger partial charge in [0.15, 0.2) is 6.10 Å². The Morgan fingerprint density at radius 2 is 2.14 bits per heavy atom. The summed E-state index contributed by atoms with van der Waals surface area (Å²) in [4.78, 5) is 5.84. The Kier molecular flexibility index (Phi) is 2.88. The Bertz CT molecular complexity index is 667. The average molecular weight is 301 g/mol. The summed E-state index contributed by atoms with van der Waals surface area (Å²) in [6, 6.07) is 8.17. The molecule has 1 N–H and O–H groups in total.